The third kappa shape index (κ3) is 3.11. The fourth-order valence-corrected chi connectivity index (χ4v) is 2.19. The van der Waals surface area contributed by atoms with Crippen molar-refractivity contribution < 1.29 is 13.5 Å². The minimum atomic E-state index is -1.11. The van der Waals surface area contributed by atoms with Crippen molar-refractivity contribution in [1.29, 1.82) is 0 Å². The Hall–Kier alpha value is -2.61. The molecule has 2 heterocycles. The predicted octanol–water partition coefficient (Wildman–Crippen LogP) is 3.95. The van der Waals surface area contributed by atoms with E-state index in [4.69, 9.17) is 10.5 Å². The van der Waals surface area contributed by atoms with Gasteiger partial charge in [-0.05, 0) is 46.3 Å². The summed E-state index contributed by atoms with van der Waals surface area (Å²) in [5, 5.41) is 0. The van der Waals surface area contributed by atoms with Gasteiger partial charge in [0.25, 0.3) is 0 Å². The Balaban J connectivity index is 2.04. The Morgan fingerprint density at radius 1 is 1.00 bits per heavy atom. The van der Waals surface area contributed by atoms with Crippen LogP contribution in [-0.4, -0.2) is 15.0 Å². The van der Waals surface area contributed by atoms with Gasteiger partial charge < -0.3 is 10.5 Å². The summed E-state index contributed by atoms with van der Waals surface area (Å²) < 4.78 is 33.0. The standard InChI is InChI=1S/C15H9BrF2N4O/c16-9-3-4-11(13(18)12(9)17)23-14-8(2-1-6-20-14)10-5-7-21-15(19)22-10/h1-7H,(H2,19,21,22). The minimum Gasteiger partial charge on any atom is -0.435 e. The number of rotatable bonds is 3. The Labute approximate surface area is 138 Å². The zero-order chi connectivity index (χ0) is 16.4. The van der Waals surface area contributed by atoms with Crippen molar-refractivity contribution in [2.45, 2.75) is 0 Å². The highest BCUT2D eigenvalue weighted by molar-refractivity contribution is 9.10. The van der Waals surface area contributed by atoms with Gasteiger partial charge in [0.05, 0.1) is 15.7 Å². The van der Waals surface area contributed by atoms with Crippen molar-refractivity contribution in [3.8, 4) is 22.9 Å². The van der Waals surface area contributed by atoms with Crippen molar-refractivity contribution in [3.63, 3.8) is 0 Å². The maximum absolute atomic E-state index is 13.9. The van der Waals surface area contributed by atoms with Crippen LogP contribution in [-0.2, 0) is 0 Å². The second kappa shape index (κ2) is 6.25. The highest BCUT2D eigenvalue weighted by atomic mass is 79.9. The average molecular weight is 379 g/mol. The third-order valence-electron chi connectivity index (χ3n) is 2.93. The zero-order valence-electron chi connectivity index (χ0n) is 11.5. The van der Waals surface area contributed by atoms with E-state index in [0.29, 0.717) is 11.3 Å². The largest absolute Gasteiger partial charge is 0.435 e. The van der Waals surface area contributed by atoms with Crippen LogP contribution >= 0.6 is 15.9 Å². The first-order valence-electron chi connectivity index (χ1n) is 6.41. The molecular weight excluding hydrogens is 370 g/mol. The van der Waals surface area contributed by atoms with E-state index in [1.165, 1.54) is 24.5 Å². The van der Waals surface area contributed by atoms with Crippen LogP contribution in [0, 0.1) is 11.6 Å². The first-order chi connectivity index (χ1) is 11.1. The number of aromatic nitrogens is 3. The molecule has 2 aromatic heterocycles. The summed E-state index contributed by atoms with van der Waals surface area (Å²) in [6, 6.07) is 7.60. The van der Waals surface area contributed by atoms with Crippen LogP contribution in [0.25, 0.3) is 11.3 Å². The number of anilines is 1. The van der Waals surface area contributed by atoms with Gasteiger partial charge in [0.1, 0.15) is 0 Å². The van der Waals surface area contributed by atoms with Gasteiger partial charge in [0, 0.05) is 12.4 Å². The topological polar surface area (TPSA) is 73.9 Å². The van der Waals surface area contributed by atoms with E-state index in [2.05, 4.69) is 30.9 Å². The zero-order valence-corrected chi connectivity index (χ0v) is 13.1. The lowest BCUT2D eigenvalue weighted by Crippen LogP contribution is -1.99. The molecule has 1 aromatic carbocycles. The van der Waals surface area contributed by atoms with Gasteiger partial charge in [-0.1, -0.05) is 0 Å². The first kappa shape index (κ1) is 15.3. The monoisotopic (exact) mass is 378 g/mol. The summed E-state index contributed by atoms with van der Waals surface area (Å²) in [7, 11) is 0. The van der Waals surface area contributed by atoms with Gasteiger partial charge in [-0.15, -0.1) is 0 Å². The van der Waals surface area contributed by atoms with Gasteiger partial charge in [-0.25, -0.2) is 19.3 Å². The number of pyridine rings is 1. The molecule has 0 spiro atoms. The summed E-state index contributed by atoms with van der Waals surface area (Å²) in [6.45, 7) is 0. The van der Waals surface area contributed by atoms with Crippen molar-refractivity contribution in [2.75, 3.05) is 5.73 Å². The van der Waals surface area contributed by atoms with Crippen LogP contribution in [0.4, 0.5) is 14.7 Å². The van der Waals surface area contributed by atoms with Crippen LogP contribution in [0.5, 0.6) is 11.6 Å². The van der Waals surface area contributed by atoms with E-state index in [9.17, 15) is 8.78 Å². The minimum absolute atomic E-state index is 0.00664. The lowest BCUT2D eigenvalue weighted by molar-refractivity contribution is 0.405. The molecular formula is C15H9BrF2N4O. The Bertz CT molecular complexity index is 876. The van der Waals surface area contributed by atoms with Crippen LogP contribution in [0.3, 0.4) is 0 Å². The number of ether oxygens (including phenoxy) is 1. The smallest absolute Gasteiger partial charge is 0.228 e. The van der Waals surface area contributed by atoms with E-state index in [1.54, 1.807) is 18.2 Å². The van der Waals surface area contributed by atoms with E-state index in [1.807, 2.05) is 0 Å². The molecule has 3 aromatic rings. The van der Waals surface area contributed by atoms with E-state index in [0.717, 1.165) is 0 Å². The molecule has 2 N–H and O–H groups in total. The highest BCUT2D eigenvalue weighted by Crippen LogP contribution is 2.33. The Kier molecular flexibility index (Phi) is 4.16. The molecule has 0 atom stereocenters. The van der Waals surface area contributed by atoms with Gasteiger partial charge in [-0.3, -0.25) is 0 Å². The molecule has 0 aliphatic rings. The van der Waals surface area contributed by atoms with Crippen molar-refractivity contribution >= 4 is 21.9 Å². The van der Waals surface area contributed by atoms with Gasteiger partial charge in [-0.2, -0.15) is 4.39 Å². The maximum atomic E-state index is 13.9. The second-order valence-electron chi connectivity index (χ2n) is 4.43. The average Bonchev–Trinajstić information content (AvgIpc) is 2.56. The molecule has 3 rings (SSSR count). The number of benzene rings is 1. The van der Waals surface area contributed by atoms with Crippen LogP contribution in [0.2, 0.25) is 0 Å². The van der Waals surface area contributed by atoms with Crippen LogP contribution < -0.4 is 10.5 Å². The van der Waals surface area contributed by atoms with Crippen molar-refractivity contribution in [3.05, 3.63) is 58.8 Å². The number of nitrogen functional groups attached to an aromatic ring is 1. The molecule has 0 amide bonds. The molecule has 0 unspecified atom stereocenters. The summed E-state index contributed by atoms with van der Waals surface area (Å²) >= 11 is 2.91. The van der Waals surface area contributed by atoms with E-state index >= 15 is 0 Å². The number of nitrogens with zero attached hydrogens (tertiary/aromatic N) is 3. The molecule has 0 radical (unpaired) electrons. The summed E-state index contributed by atoms with van der Waals surface area (Å²) in [5.74, 6) is -2.28. The SMILES string of the molecule is Nc1nccc(-c2cccnc2Oc2ccc(Br)c(F)c2F)n1. The quantitative estimate of drug-likeness (QED) is 0.698. The lowest BCUT2D eigenvalue weighted by atomic mass is 10.2. The number of hydrogen-bond donors (Lipinski definition) is 1. The molecule has 0 saturated heterocycles. The van der Waals surface area contributed by atoms with Crippen LogP contribution in [0.15, 0.2) is 47.2 Å². The number of halogens is 3. The molecule has 0 aliphatic heterocycles. The van der Waals surface area contributed by atoms with Crippen molar-refractivity contribution in [1.82, 2.24) is 15.0 Å². The highest BCUT2D eigenvalue weighted by Gasteiger charge is 2.16. The summed E-state index contributed by atoms with van der Waals surface area (Å²) in [6.07, 6.45) is 2.95. The Morgan fingerprint density at radius 3 is 2.61 bits per heavy atom. The van der Waals surface area contributed by atoms with Crippen LogP contribution in [0.1, 0.15) is 0 Å². The maximum Gasteiger partial charge on any atom is 0.228 e. The number of hydrogen-bond acceptors (Lipinski definition) is 5. The molecule has 23 heavy (non-hydrogen) atoms. The fourth-order valence-electron chi connectivity index (χ4n) is 1.88. The molecule has 116 valence electrons. The number of nitrogens with two attached hydrogens (primary N) is 1. The predicted molar refractivity (Wildman–Crippen MR) is 83.8 cm³/mol. The lowest BCUT2D eigenvalue weighted by Gasteiger charge is -2.11. The molecule has 5 nitrogen and oxygen atoms in total. The normalized spacial score (nSPS) is 10.6. The van der Waals surface area contributed by atoms with Gasteiger partial charge in [0.15, 0.2) is 11.6 Å². The summed E-state index contributed by atoms with van der Waals surface area (Å²) in [5.41, 5.74) is 6.49. The van der Waals surface area contributed by atoms with Crippen molar-refractivity contribution in [2.24, 2.45) is 0 Å². The molecule has 0 aliphatic carbocycles. The third-order valence-corrected chi connectivity index (χ3v) is 3.54. The Morgan fingerprint density at radius 2 is 1.83 bits per heavy atom. The first-order valence-corrected chi connectivity index (χ1v) is 7.21. The van der Waals surface area contributed by atoms with Gasteiger partial charge >= 0.3 is 0 Å². The molecule has 0 saturated carbocycles. The van der Waals surface area contributed by atoms with Gasteiger partial charge in [0.2, 0.25) is 17.6 Å². The fraction of sp³-hybridized carbons (Fsp3) is 0. The molecule has 0 bridgehead atoms. The van der Waals surface area contributed by atoms with E-state index in [-0.39, 0.29) is 22.1 Å². The molecule has 8 heteroatoms. The second-order valence-corrected chi connectivity index (χ2v) is 5.29. The van der Waals surface area contributed by atoms with E-state index < -0.39 is 11.6 Å². The molecule has 0 fully saturated rings. The summed E-state index contributed by atoms with van der Waals surface area (Å²) in [4.78, 5) is 11.9.